The first-order valence-corrected chi connectivity index (χ1v) is 6.87. The molecule has 5 heteroatoms. The van der Waals surface area contributed by atoms with E-state index in [0.717, 1.165) is 16.8 Å². The van der Waals surface area contributed by atoms with Crippen molar-refractivity contribution in [2.45, 2.75) is 13.0 Å². The first kappa shape index (κ1) is 14.8. The van der Waals surface area contributed by atoms with E-state index in [1.54, 1.807) is 30.3 Å². The molecule has 0 radical (unpaired) electrons. The van der Waals surface area contributed by atoms with Gasteiger partial charge in [-0.15, -0.1) is 0 Å². The molecule has 0 heterocycles. The van der Waals surface area contributed by atoms with Crippen LogP contribution in [0.2, 0.25) is 5.02 Å². The summed E-state index contributed by atoms with van der Waals surface area (Å²) in [7, 11) is 0. The predicted octanol–water partition coefficient (Wildman–Crippen LogP) is 4.29. The molecule has 0 bridgehead atoms. The summed E-state index contributed by atoms with van der Waals surface area (Å²) in [6, 6.07) is 11.6. The molecule has 0 aliphatic heterocycles. The largest absolute Gasteiger partial charge is 0.389 e. The van der Waals surface area contributed by atoms with Crippen LogP contribution in [-0.4, -0.2) is 4.99 Å². The van der Waals surface area contributed by atoms with E-state index in [4.69, 9.17) is 29.6 Å². The van der Waals surface area contributed by atoms with Gasteiger partial charge in [-0.2, -0.15) is 0 Å². The summed E-state index contributed by atoms with van der Waals surface area (Å²) >= 11 is 11.0. The fourth-order valence-corrected chi connectivity index (χ4v) is 2.27. The number of anilines is 1. The molecule has 0 saturated heterocycles. The Bertz CT molecular complexity index is 628. The van der Waals surface area contributed by atoms with E-state index < -0.39 is 0 Å². The molecular formula is C15H14ClFN2S. The van der Waals surface area contributed by atoms with Crippen molar-refractivity contribution in [2.75, 3.05) is 5.32 Å². The highest BCUT2D eigenvalue weighted by molar-refractivity contribution is 7.80. The molecule has 0 amide bonds. The van der Waals surface area contributed by atoms with Crippen LogP contribution in [0.4, 0.5) is 10.1 Å². The third kappa shape index (κ3) is 3.46. The van der Waals surface area contributed by atoms with Crippen LogP contribution < -0.4 is 11.1 Å². The second-order valence-electron chi connectivity index (χ2n) is 4.47. The Morgan fingerprint density at radius 2 is 1.90 bits per heavy atom. The minimum Gasteiger partial charge on any atom is -0.389 e. The fourth-order valence-electron chi connectivity index (χ4n) is 1.92. The summed E-state index contributed by atoms with van der Waals surface area (Å²) in [5, 5.41) is 3.89. The molecule has 0 spiro atoms. The fraction of sp³-hybridized carbons (Fsp3) is 0.133. The Balaban J connectivity index is 2.27. The van der Waals surface area contributed by atoms with Crippen molar-refractivity contribution in [3.05, 3.63) is 64.4 Å². The SMILES string of the molecule is CC(Nc1cc(Cl)ccc1C(N)=S)c1ccc(F)cc1. The normalized spacial score (nSPS) is 11.9. The maximum atomic E-state index is 12.9. The summed E-state index contributed by atoms with van der Waals surface area (Å²) in [5.74, 6) is -0.257. The average Bonchev–Trinajstić information content (AvgIpc) is 2.39. The number of rotatable bonds is 4. The molecular weight excluding hydrogens is 295 g/mol. The Morgan fingerprint density at radius 3 is 2.50 bits per heavy atom. The number of hydrogen-bond acceptors (Lipinski definition) is 2. The number of halogens is 2. The van der Waals surface area contributed by atoms with Crippen LogP contribution in [0.25, 0.3) is 0 Å². The van der Waals surface area contributed by atoms with Gasteiger partial charge in [-0.3, -0.25) is 0 Å². The van der Waals surface area contributed by atoms with Crippen molar-refractivity contribution in [3.63, 3.8) is 0 Å². The van der Waals surface area contributed by atoms with Crippen LogP contribution in [-0.2, 0) is 0 Å². The van der Waals surface area contributed by atoms with Crippen molar-refractivity contribution in [2.24, 2.45) is 5.73 Å². The van der Waals surface area contributed by atoms with Gasteiger partial charge in [0.05, 0.1) is 0 Å². The summed E-state index contributed by atoms with van der Waals surface area (Å²) < 4.78 is 12.9. The Kier molecular flexibility index (Phi) is 4.57. The van der Waals surface area contributed by atoms with Crippen molar-refractivity contribution < 1.29 is 4.39 Å². The molecule has 2 aromatic carbocycles. The highest BCUT2D eigenvalue weighted by Gasteiger charge is 2.10. The highest BCUT2D eigenvalue weighted by atomic mass is 35.5. The number of thiocarbonyl (C=S) groups is 1. The maximum absolute atomic E-state index is 12.9. The molecule has 104 valence electrons. The lowest BCUT2D eigenvalue weighted by atomic mass is 10.1. The van der Waals surface area contributed by atoms with Crippen LogP contribution in [0.1, 0.15) is 24.1 Å². The highest BCUT2D eigenvalue weighted by Crippen LogP contribution is 2.25. The quantitative estimate of drug-likeness (QED) is 0.828. The molecule has 0 aromatic heterocycles. The van der Waals surface area contributed by atoms with Gasteiger partial charge in [0.15, 0.2) is 0 Å². The first-order valence-electron chi connectivity index (χ1n) is 6.08. The smallest absolute Gasteiger partial charge is 0.123 e. The predicted molar refractivity (Wildman–Crippen MR) is 85.8 cm³/mol. The molecule has 2 rings (SSSR count). The van der Waals surface area contributed by atoms with E-state index in [1.165, 1.54) is 12.1 Å². The van der Waals surface area contributed by atoms with Gasteiger partial charge in [-0.1, -0.05) is 36.0 Å². The molecule has 1 unspecified atom stereocenters. The van der Waals surface area contributed by atoms with Crippen molar-refractivity contribution in [1.82, 2.24) is 0 Å². The van der Waals surface area contributed by atoms with Gasteiger partial charge >= 0.3 is 0 Å². The van der Waals surface area contributed by atoms with E-state index in [2.05, 4.69) is 5.32 Å². The number of nitrogens with one attached hydrogen (secondary N) is 1. The standard InChI is InChI=1S/C15H14ClFN2S/c1-9(10-2-5-12(17)6-3-10)19-14-8-11(16)4-7-13(14)15(18)20/h2-9,19H,1H3,(H2,18,20). The second kappa shape index (κ2) is 6.20. The van der Waals surface area contributed by atoms with E-state index >= 15 is 0 Å². The molecule has 20 heavy (non-hydrogen) atoms. The zero-order valence-corrected chi connectivity index (χ0v) is 12.4. The van der Waals surface area contributed by atoms with Crippen molar-refractivity contribution in [3.8, 4) is 0 Å². The molecule has 0 fully saturated rings. The lowest BCUT2D eigenvalue weighted by molar-refractivity contribution is 0.626. The molecule has 0 saturated carbocycles. The molecule has 0 aliphatic rings. The maximum Gasteiger partial charge on any atom is 0.123 e. The Labute approximate surface area is 127 Å². The van der Waals surface area contributed by atoms with Gasteiger partial charge in [-0.25, -0.2) is 4.39 Å². The topological polar surface area (TPSA) is 38.0 Å². The summed E-state index contributed by atoms with van der Waals surface area (Å²) in [5.41, 5.74) is 8.16. The third-order valence-corrected chi connectivity index (χ3v) is 3.44. The van der Waals surface area contributed by atoms with Crippen LogP contribution in [0.5, 0.6) is 0 Å². The number of hydrogen-bond donors (Lipinski definition) is 2. The van der Waals surface area contributed by atoms with Gasteiger partial charge < -0.3 is 11.1 Å². The van der Waals surface area contributed by atoms with Gasteiger partial charge in [0.2, 0.25) is 0 Å². The lowest BCUT2D eigenvalue weighted by Gasteiger charge is -2.18. The van der Waals surface area contributed by atoms with Crippen LogP contribution in [0.3, 0.4) is 0 Å². The number of benzene rings is 2. The molecule has 3 N–H and O–H groups in total. The van der Waals surface area contributed by atoms with Crippen LogP contribution in [0.15, 0.2) is 42.5 Å². The molecule has 2 nitrogen and oxygen atoms in total. The van der Waals surface area contributed by atoms with Gasteiger partial charge in [0.1, 0.15) is 10.8 Å². The average molecular weight is 309 g/mol. The van der Waals surface area contributed by atoms with Gasteiger partial charge in [-0.05, 0) is 42.8 Å². The summed E-state index contributed by atoms with van der Waals surface area (Å²) in [6.07, 6.45) is 0. The molecule has 1 atom stereocenters. The zero-order chi connectivity index (χ0) is 14.7. The lowest BCUT2D eigenvalue weighted by Crippen LogP contribution is -2.15. The minimum atomic E-state index is -0.257. The Hall–Kier alpha value is -1.65. The number of nitrogens with two attached hydrogens (primary N) is 1. The minimum absolute atomic E-state index is 0.0258. The first-order chi connectivity index (χ1) is 9.47. The van der Waals surface area contributed by atoms with E-state index in [0.29, 0.717) is 10.0 Å². The van der Waals surface area contributed by atoms with E-state index in [-0.39, 0.29) is 11.9 Å². The van der Waals surface area contributed by atoms with Crippen LogP contribution in [0, 0.1) is 5.82 Å². The van der Waals surface area contributed by atoms with E-state index in [9.17, 15) is 4.39 Å². The summed E-state index contributed by atoms with van der Waals surface area (Å²) in [6.45, 7) is 1.97. The second-order valence-corrected chi connectivity index (χ2v) is 5.35. The summed E-state index contributed by atoms with van der Waals surface area (Å²) in [4.78, 5) is 0.301. The third-order valence-electron chi connectivity index (χ3n) is 2.99. The van der Waals surface area contributed by atoms with E-state index in [1.807, 2.05) is 6.92 Å². The monoisotopic (exact) mass is 308 g/mol. The van der Waals surface area contributed by atoms with Gasteiger partial charge in [0.25, 0.3) is 0 Å². The van der Waals surface area contributed by atoms with Crippen molar-refractivity contribution >= 4 is 34.5 Å². The zero-order valence-electron chi connectivity index (χ0n) is 10.9. The molecule has 0 aliphatic carbocycles. The van der Waals surface area contributed by atoms with Crippen LogP contribution >= 0.6 is 23.8 Å². The van der Waals surface area contributed by atoms with Gasteiger partial charge in [0, 0.05) is 22.3 Å². The molecule has 2 aromatic rings. The van der Waals surface area contributed by atoms with Crippen molar-refractivity contribution in [1.29, 1.82) is 0 Å². The Morgan fingerprint density at radius 1 is 1.25 bits per heavy atom.